The van der Waals surface area contributed by atoms with Gasteiger partial charge in [0.25, 0.3) is 10.1 Å². The van der Waals surface area contributed by atoms with Gasteiger partial charge in [0.05, 0.1) is 6.61 Å². The molecule has 0 aromatic heterocycles. The van der Waals surface area contributed by atoms with Crippen molar-refractivity contribution in [2.75, 3.05) is 19.0 Å². The standard InChI is InChI=1S/C40H66O12S/c1-3-5-7-9-11-13-15-17-19-21-23-25-27-29-36(42)51-33(31-50-40-39(45)38(44)37(43)34(52-40)32-53(46,47)48)30-49-35(41)28-26-24-22-20-18-16-14-12-10-8-6-4-2/h5-9,11-15,33-34,37-40,43-45H,3-4,10,16-32H2,1-2H3,(H,46,47,48)/b7-5+,8-6+,11-9+,14-12+,15-13+/t33?,34-,37-,38?,39?,40+/m1/s1. The highest BCUT2D eigenvalue weighted by Crippen LogP contribution is 2.24. The van der Waals surface area contributed by atoms with Crippen LogP contribution in [0, 0.1) is 0 Å². The Morgan fingerprint density at radius 3 is 1.87 bits per heavy atom. The number of carbonyl (C=O) groups excluding carboxylic acids is 2. The molecular weight excluding hydrogens is 704 g/mol. The Bertz CT molecular complexity index is 1230. The zero-order valence-corrected chi connectivity index (χ0v) is 32.7. The fraction of sp³-hybridized carbons (Fsp3) is 0.700. The summed E-state index contributed by atoms with van der Waals surface area (Å²) in [6.45, 7) is 3.44. The van der Waals surface area contributed by atoms with Crippen molar-refractivity contribution >= 4 is 22.1 Å². The van der Waals surface area contributed by atoms with Gasteiger partial charge < -0.3 is 34.3 Å². The summed E-state index contributed by atoms with van der Waals surface area (Å²) in [4.78, 5) is 25.2. The van der Waals surface area contributed by atoms with E-state index in [2.05, 4.69) is 50.3 Å². The van der Waals surface area contributed by atoms with E-state index in [0.717, 1.165) is 83.5 Å². The number of unbranched alkanes of at least 4 members (excludes halogenated alkanes) is 10. The fourth-order valence-corrected chi connectivity index (χ4v) is 6.11. The molecule has 0 aliphatic carbocycles. The summed E-state index contributed by atoms with van der Waals surface area (Å²) in [5, 5.41) is 30.7. The van der Waals surface area contributed by atoms with Crippen LogP contribution in [-0.4, -0.2) is 96.0 Å². The maximum Gasteiger partial charge on any atom is 0.306 e. The maximum atomic E-state index is 12.7. The van der Waals surface area contributed by atoms with Crippen molar-refractivity contribution in [1.82, 2.24) is 0 Å². The SMILES string of the molecule is CC/C=C/C=C/C=C/CCCCCCCC(=O)OC(COC(=O)CCCCCCC/C=C/C/C=C/CC)CO[C@H]1O[C@H](CS(=O)(=O)O)[C@@H](O)C(O)C1O. The quantitative estimate of drug-likeness (QED) is 0.0202. The van der Waals surface area contributed by atoms with Gasteiger partial charge in [0.1, 0.15) is 36.8 Å². The van der Waals surface area contributed by atoms with Crippen LogP contribution in [0.1, 0.15) is 123 Å². The van der Waals surface area contributed by atoms with Crippen LogP contribution >= 0.6 is 0 Å². The van der Waals surface area contributed by atoms with Gasteiger partial charge in [-0.25, -0.2) is 0 Å². The number of allylic oxidation sites excluding steroid dienone is 10. The average molecular weight is 771 g/mol. The lowest BCUT2D eigenvalue weighted by Crippen LogP contribution is -2.60. The van der Waals surface area contributed by atoms with Crippen LogP contribution in [-0.2, 0) is 38.7 Å². The monoisotopic (exact) mass is 770 g/mol. The molecule has 1 aliphatic rings. The molecule has 53 heavy (non-hydrogen) atoms. The first-order chi connectivity index (χ1) is 25.5. The van der Waals surface area contributed by atoms with Crippen LogP contribution in [0.15, 0.2) is 60.8 Å². The Kier molecular flexibility index (Phi) is 28.0. The molecule has 0 amide bonds. The number of hydrogen-bond donors (Lipinski definition) is 4. The van der Waals surface area contributed by atoms with Gasteiger partial charge in [0, 0.05) is 12.8 Å². The second-order valence-corrected chi connectivity index (χ2v) is 14.7. The minimum Gasteiger partial charge on any atom is -0.462 e. The van der Waals surface area contributed by atoms with Gasteiger partial charge in [0.15, 0.2) is 12.4 Å². The van der Waals surface area contributed by atoms with Crippen molar-refractivity contribution in [1.29, 1.82) is 0 Å². The molecule has 12 nitrogen and oxygen atoms in total. The van der Waals surface area contributed by atoms with E-state index < -0.39 is 71.2 Å². The second kappa shape index (κ2) is 30.7. The van der Waals surface area contributed by atoms with Crippen molar-refractivity contribution < 1.29 is 56.8 Å². The predicted molar refractivity (Wildman–Crippen MR) is 205 cm³/mol. The molecule has 0 saturated carbocycles. The topological polar surface area (TPSA) is 186 Å². The highest BCUT2D eigenvalue weighted by Gasteiger charge is 2.46. The van der Waals surface area contributed by atoms with E-state index >= 15 is 0 Å². The number of aliphatic hydroxyl groups excluding tert-OH is 3. The number of hydrogen-bond acceptors (Lipinski definition) is 11. The highest BCUT2D eigenvalue weighted by atomic mass is 32.2. The van der Waals surface area contributed by atoms with E-state index in [4.69, 9.17) is 18.9 Å². The third kappa shape index (κ3) is 25.9. The molecule has 1 fully saturated rings. The van der Waals surface area contributed by atoms with E-state index in [9.17, 15) is 37.9 Å². The Morgan fingerprint density at radius 2 is 1.23 bits per heavy atom. The third-order valence-corrected chi connectivity index (χ3v) is 9.15. The maximum absolute atomic E-state index is 12.7. The van der Waals surface area contributed by atoms with Crippen molar-refractivity contribution in [3.8, 4) is 0 Å². The summed E-state index contributed by atoms with van der Waals surface area (Å²) in [5.74, 6) is -2.04. The fourth-order valence-electron chi connectivity index (χ4n) is 5.42. The van der Waals surface area contributed by atoms with Crippen molar-refractivity contribution in [2.45, 2.75) is 160 Å². The van der Waals surface area contributed by atoms with E-state index in [0.29, 0.717) is 12.8 Å². The van der Waals surface area contributed by atoms with Gasteiger partial charge in [-0.15, -0.1) is 0 Å². The molecule has 304 valence electrons. The van der Waals surface area contributed by atoms with E-state index in [1.807, 2.05) is 24.3 Å². The van der Waals surface area contributed by atoms with E-state index in [1.165, 1.54) is 0 Å². The first kappa shape index (κ1) is 48.4. The molecule has 6 atom stereocenters. The summed E-state index contributed by atoms with van der Waals surface area (Å²) < 4.78 is 53.8. The van der Waals surface area contributed by atoms with E-state index in [-0.39, 0.29) is 19.4 Å². The Labute approximate surface area is 317 Å². The Hall–Kier alpha value is -2.65. The normalized spacial score (nSPS) is 21.8. The number of ether oxygens (including phenoxy) is 4. The highest BCUT2D eigenvalue weighted by molar-refractivity contribution is 7.85. The van der Waals surface area contributed by atoms with Gasteiger partial charge >= 0.3 is 11.9 Å². The summed E-state index contributed by atoms with van der Waals surface area (Å²) in [6, 6.07) is 0. The third-order valence-electron chi connectivity index (χ3n) is 8.40. The van der Waals surface area contributed by atoms with Gasteiger partial charge in [-0.3, -0.25) is 14.1 Å². The number of rotatable bonds is 30. The lowest BCUT2D eigenvalue weighted by Gasteiger charge is -2.40. The molecule has 0 aromatic carbocycles. The molecule has 3 unspecified atom stereocenters. The summed E-state index contributed by atoms with van der Waals surface area (Å²) in [6.07, 6.45) is 25.7. The van der Waals surface area contributed by atoms with Crippen LogP contribution in [0.4, 0.5) is 0 Å². The predicted octanol–water partition coefficient (Wildman–Crippen LogP) is 6.61. The second-order valence-electron chi connectivity index (χ2n) is 13.2. The molecular formula is C40H66O12S. The molecule has 0 bridgehead atoms. The van der Waals surface area contributed by atoms with Gasteiger partial charge in [0.2, 0.25) is 0 Å². The molecule has 1 rings (SSSR count). The van der Waals surface area contributed by atoms with Gasteiger partial charge in [-0.05, 0) is 57.8 Å². The zero-order valence-electron chi connectivity index (χ0n) is 31.8. The summed E-state index contributed by atoms with van der Waals surface area (Å²) in [5.41, 5.74) is 0. The number of carbonyl (C=O) groups is 2. The smallest absolute Gasteiger partial charge is 0.306 e. The van der Waals surface area contributed by atoms with Gasteiger partial charge in [-0.1, -0.05) is 113 Å². The molecule has 0 radical (unpaired) electrons. The van der Waals surface area contributed by atoms with Crippen molar-refractivity contribution in [2.24, 2.45) is 0 Å². The molecule has 0 aromatic rings. The van der Waals surface area contributed by atoms with Crippen LogP contribution in [0.2, 0.25) is 0 Å². The first-order valence-electron chi connectivity index (χ1n) is 19.4. The van der Waals surface area contributed by atoms with E-state index in [1.54, 1.807) is 0 Å². The van der Waals surface area contributed by atoms with Crippen molar-refractivity contribution in [3.63, 3.8) is 0 Å². The largest absolute Gasteiger partial charge is 0.462 e. The lowest BCUT2D eigenvalue weighted by molar-refractivity contribution is -0.297. The zero-order chi connectivity index (χ0) is 39.2. The van der Waals surface area contributed by atoms with Gasteiger partial charge in [-0.2, -0.15) is 8.42 Å². The first-order valence-corrected chi connectivity index (χ1v) is 21.0. The van der Waals surface area contributed by atoms with Crippen LogP contribution < -0.4 is 0 Å². The molecule has 1 heterocycles. The average Bonchev–Trinajstić information content (AvgIpc) is 3.12. The van der Waals surface area contributed by atoms with Crippen LogP contribution in [0.5, 0.6) is 0 Å². The minimum atomic E-state index is -4.60. The Morgan fingerprint density at radius 1 is 0.660 bits per heavy atom. The number of aliphatic hydroxyl groups is 3. The molecule has 4 N–H and O–H groups in total. The van der Waals surface area contributed by atoms with Crippen LogP contribution in [0.25, 0.3) is 0 Å². The number of esters is 2. The molecule has 0 spiro atoms. The Balaban J connectivity index is 2.55. The lowest BCUT2D eigenvalue weighted by atomic mass is 10.00. The van der Waals surface area contributed by atoms with Crippen molar-refractivity contribution in [3.05, 3.63) is 60.8 Å². The van der Waals surface area contributed by atoms with Crippen LogP contribution in [0.3, 0.4) is 0 Å². The molecule has 1 saturated heterocycles. The minimum absolute atomic E-state index is 0.135. The molecule has 13 heteroatoms. The summed E-state index contributed by atoms with van der Waals surface area (Å²) in [7, 11) is -4.60. The summed E-state index contributed by atoms with van der Waals surface area (Å²) >= 11 is 0. The molecule has 1 aliphatic heterocycles.